The smallest absolute Gasteiger partial charge is 0.306 e. The number of ketones is 1. The Kier molecular flexibility index (Phi) is 4.09. The highest BCUT2D eigenvalue weighted by Gasteiger charge is 2.65. The van der Waals surface area contributed by atoms with E-state index in [9.17, 15) is 9.59 Å². The van der Waals surface area contributed by atoms with E-state index >= 15 is 0 Å². The van der Waals surface area contributed by atoms with Crippen LogP contribution in [0.1, 0.15) is 86.0 Å². The third-order valence-corrected chi connectivity index (χ3v) is 11.1. The van der Waals surface area contributed by atoms with Gasteiger partial charge in [0, 0.05) is 17.8 Å². The normalized spacial score (nSPS) is 51.0. The molecule has 7 atom stereocenters. The van der Waals surface area contributed by atoms with Crippen molar-refractivity contribution in [3.8, 4) is 0 Å². The Balaban J connectivity index is 1.52. The second-order valence-electron chi connectivity index (χ2n) is 12.2. The van der Waals surface area contributed by atoms with Crippen molar-refractivity contribution in [1.82, 2.24) is 0 Å². The molecule has 0 N–H and O–H groups in total. The molecule has 3 nitrogen and oxygen atoms in total. The number of hydrogen-bond donors (Lipinski definition) is 0. The molecule has 0 bridgehead atoms. The van der Waals surface area contributed by atoms with Gasteiger partial charge in [-0.1, -0.05) is 46.3 Å². The maximum Gasteiger partial charge on any atom is 0.306 e. The maximum absolute atomic E-state index is 12.7. The lowest BCUT2D eigenvalue weighted by Crippen LogP contribution is -2.57. The number of hydrogen-bond acceptors (Lipinski definition) is 3. The molecule has 160 valence electrons. The molecule has 0 radical (unpaired) electrons. The van der Waals surface area contributed by atoms with Crippen molar-refractivity contribution >= 4 is 11.8 Å². The first-order valence-corrected chi connectivity index (χ1v) is 11.9. The van der Waals surface area contributed by atoms with Gasteiger partial charge in [0.25, 0.3) is 0 Å². The summed E-state index contributed by atoms with van der Waals surface area (Å²) in [7, 11) is 0. The maximum atomic E-state index is 12.7. The molecule has 1 unspecified atom stereocenters. The molecule has 4 aliphatic carbocycles. The zero-order valence-electron chi connectivity index (χ0n) is 19.0. The van der Waals surface area contributed by atoms with E-state index in [1.165, 1.54) is 25.7 Å². The second-order valence-corrected chi connectivity index (χ2v) is 12.2. The van der Waals surface area contributed by atoms with Crippen LogP contribution in [0, 0.1) is 45.3 Å². The van der Waals surface area contributed by atoms with Gasteiger partial charge in [0.1, 0.15) is 5.78 Å². The summed E-state index contributed by atoms with van der Waals surface area (Å²) in [5, 5.41) is 0. The van der Waals surface area contributed by atoms with Crippen LogP contribution in [0.25, 0.3) is 0 Å². The molecule has 0 amide bonds. The highest BCUT2D eigenvalue weighted by atomic mass is 16.5. The Hall–Kier alpha value is -1.12. The fourth-order valence-electron chi connectivity index (χ4n) is 9.10. The minimum Gasteiger partial charge on any atom is -0.465 e. The first kappa shape index (κ1) is 19.8. The van der Waals surface area contributed by atoms with Crippen molar-refractivity contribution in [3.63, 3.8) is 0 Å². The Bertz CT molecular complexity index is 794. The number of ether oxygens (including phenoxy) is 1. The van der Waals surface area contributed by atoms with Crippen LogP contribution < -0.4 is 0 Å². The summed E-state index contributed by atoms with van der Waals surface area (Å²) in [6.45, 7) is 12.6. The van der Waals surface area contributed by atoms with Gasteiger partial charge in [0.05, 0.1) is 13.0 Å². The predicted molar refractivity (Wildman–Crippen MR) is 113 cm³/mol. The molecular weight excluding hydrogens is 360 g/mol. The van der Waals surface area contributed by atoms with Crippen molar-refractivity contribution in [2.75, 3.05) is 6.61 Å². The van der Waals surface area contributed by atoms with Gasteiger partial charge in [-0.15, -0.1) is 0 Å². The van der Waals surface area contributed by atoms with Crippen LogP contribution in [0.3, 0.4) is 0 Å². The van der Waals surface area contributed by atoms with Gasteiger partial charge in [-0.2, -0.15) is 0 Å². The molecule has 1 heterocycles. The molecule has 3 heteroatoms. The third-order valence-electron chi connectivity index (χ3n) is 11.1. The van der Waals surface area contributed by atoms with Crippen LogP contribution in [0.4, 0.5) is 0 Å². The van der Waals surface area contributed by atoms with Crippen molar-refractivity contribution in [1.29, 1.82) is 0 Å². The molecule has 4 fully saturated rings. The first-order chi connectivity index (χ1) is 13.5. The minimum absolute atomic E-state index is 0.00206. The Morgan fingerprint density at radius 1 is 1.00 bits per heavy atom. The molecule has 0 aromatic carbocycles. The molecule has 3 saturated carbocycles. The van der Waals surface area contributed by atoms with Crippen molar-refractivity contribution in [2.24, 2.45) is 45.3 Å². The van der Waals surface area contributed by atoms with E-state index < -0.39 is 0 Å². The summed E-state index contributed by atoms with van der Waals surface area (Å²) in [4.78, 5) is 24.5. The van der Waals surface area contributed by atoms with E-state index in [-0.39, 0.29) is 27.6 Å². The summed E-state index contributed by atoms with van der Waals surface area (Å²) >= 11 is 0. The SMILES string of the molecule is CC1(C)C(=O)CC[C@]2(C)[C@H]3CCC4(C)[C@H]([C@H]5COC(=O)C5)CC[C@]4(C)C3=CC[C@@H]12. The average Bonchev–Trinajstić information content (AvgIpc) is 3.19. The third kappa shape index (κ3) is 2.36. The predicted octanol–water partition coefficient (Wildman–Crippen LogP) is 5.72. The van der Waals surface area contributed by atoms with Crippen molar-refractivity contribution in [3.05, 3.63) is 11.6 Å². The number of allylic oxidation sites excluding steroid dienone is 2. The fourth-order valence-corrected chi connectivity index (χ4v) is 9.10. The van der Waals surface area contributed by atoms with Gasteiger partial charge in [-0.05, 0) is 72.5 Å². The molecule has 0 spiro atoms. The van der Waals surface area contributed by atoms with Gasteiger partial charge in [0.2, 0.25) is 0 Å². The van der Waals surface area contributed by atoms with Gasteiger partial charge < -0.3 is 4.74 Å². The average molecular weight is 399 g/mol. The Labute approximate surface area is 176 Å². The molecule has 29 heavy (non-hydrogen) atoms. The highest BCUT2D eigenvalue weighted by molar-refractivity contribution is 5.85. The van der Waals surface area contributed by atoms with Crippen LogP contribution in [0.2, 0.25) is 0 Å². The van der Waals surface area contributed by atoms with Gasteiger partial charge in [-0.3, -0.25) is 9.59 Å². The first-order valence-electron chi connectivity index (χ1n) is 11.9. The molecule has 1 aliphatic heterocycles. The lowest BCUT2D eigenvalue weighted by molar-refractivity contribution is -0.146. The summed E-state index contributed by atoms with van der Waals surface area (Å²) in [6.07, 6.45) is 11.0. The standard InChI is InChI=1S/C26H38O3/c1-23(2)20-7-6-19-18(24(20,3)11-10-21(23)27)9-13-25(4)17(8-12-26(19,25)5)16-14-22(28)29-15-16/h6,16-18,20H,7-15H2,1-5H3/t16-,17+,18+,20+,24-,25?,26-/m1/s1. The number of Topliss-reactive ketones (excluding diaryl/α,β-unsaturated/α-hetero) is 1. The van der Waals surface area contributed by atoms with Gasteiger partial charge in [-0.25, -0.2) is 0 Å². The molecule has 0 aromatic heterocycles. The van der Waals surface area contributed by atoms with E-state index in [1.807, 2.05) is 0 Å². The van der Waals surface area contributed by atoms with E-state index in [0.29, 0.717) is 42.5 Å². The summed E-state index contributed by atoms with van der Waals surface area (Å²) < 4.78 is 5.38. The largest absolute Gasteiger partial charge is 0.465 e. The van der Waals surface area contributed by atoms with E-state index in [4.69, 9.17) is 4.74 Å². The van der Waals surface area contributed by atoms with Crippen molar-refractivity contribution in [2.45, 2.75) is 86.0 Å². The number of esters is 1. The Morgan fingerprint density at radius 3 is 2.45 bits per heavy atom. The number of cyclic esters (lactones) is 1. The lowest BCUT2D eigenvalue weighted by Gasteiger charge is -2.63. The zero-order chi connectivity index (χ0) is 20.8. The Morgan fingerprint density at radius 2 is 1.76 bits per heavy atom. The highest BCUT2D eigenvalue weighted by Crippen LogP contribution is 2.73. The van der Waals surface area contributed by atoms with Crippen LogP contribution in [0.15, 0.2) is 11.6 Å². The van der Waals surface area contributed by atoms with E-state index in [1.54, 1.807) is 5.57 Å². The van der Waals surface area contributed by atoms with Gasteiger partial charge >= 0.3 is 5.97 Å². The number of rotatable bonds is 1. The van der Waals surface area contributed by atoms with Crippen LogP contribution in [-0.4, -0.2) is 18.4 Å². The number of carbonyl (C=O) groups excluding carboxylic acids is 2. The molecule has 5 rings (SSSR count). The van der Waals surface area contributed by atoms with Crippen molar-refractivity contribution < 1.29 is 14.3 Å². The van der Waals surface area contributed by atoms with E-state index in [2.05, 4.69) is 40.7 Å². The van der Waals surface area contributed by atoms with Crippen LogP contribution >= 0.6 is 0 Å². The fraction of sp³-hybridized carbons (Fsp3) is 0.846. The number of carbonyl (C=O) groups is 2. The topological polar surface area (TPSA) is 43.4 Å². The summed E-state index contributed by atoms with van der Waals surface area (Å²) in [5.74, 6) is 2.56. The quantitative estimate of drug-likeness (QED) is 0.419. The van der Waals surface area contributed by atoms with E-state index in [0.717, 1.165) is 19.3 Å². The molecular formula is C26H38O3. The molecule has 5 aliphatic rings. The zero-order valence-corrected chi connectivity index (χ0v) is 19.0. The number of fused-ring (bicyclic) bond motifs is 5. The van der Waals surface area contributed by atoms with Crippen LogP contribution in [-0.2, 0) is 14.3 Å². The summed E-state index contributed by atoms with van der Waals surface area (Å²) in [5.41, 5.74) is 2.25. The minimum atomic E-state index is -0.198. The summed E-state index contributed by atoms with van der Waals surface area (Å²) in [6, 6.07) is 0. The van der Waals surface area contributed by atoms with Crippen LogP contribution in [0.5, 0.6) is 0 Å². The molecule has 1 saturated heterocycles. The lowest BCUT2D eigenvalue weighted by atomic mass is 9.41. The molecule has 0 aromatic rings. The monoisotopic (exact) mass is 398 g/mol. The van der Waals surface area contributed by atoms with Gasteiger partial charge in [0.15, 0.2) is 0 Å². The second kappa shape index (κ2) is 5.98.